The van der Waals surface area contributed by atoms with Gasteiger partial charge < -0.3 is 10.1 Å². The summed E-state index contributed by atoms with van der Waals surface area (Å²) in [7, 11) is 0. The summed E-state index contributed by atoms with van der Waals surface area (Å²) >= 11 is 0. The van der Waals surface area contributed by atoms with Crippen molar-refractivity contribution in [2.24, 2.45) is 5.92 Å². The van der Waals surface area contributed by atoms with E-state index in [1.54, 1.807) is 12.1 Å². The number of anilines is 1. The lowest BCUT2D eigenvalue weighted by Gasteiger charge is -2.07. The van der Waals surface area contributed by atoms with Gasteiger partial charge in [-0.3, -0.25) is 9.59 Å². The highest BCUT2D eigenvalue weighted by molar-refractivity contribution is 6.05. The molecular weight excluding hydrogens is 230 g/mol. The number of rotatable bonds is 4. The zero-order chi connectivity index (χ0) is 13.0. The van der Waals surface area contributed by atoms with E-state index < -0.39 is 11.9 Å². The minimum Gasteiger partial charge on any atom is -0.462 e. The number of benzene rings is 1. The second kappa shape index (κ2) is 5.67. The van der Waals surface area contributed by atoms with Gasteiger partial charge in [0.1, 0.15) is 12.0 Å². The maximum absolute atomic E-state index is 12.0. The summed E-state index contributed by atoms with van der Waals surface area (Å²) < 4.78 is 5.17. The number of hydrogen-bond acceptors (Lipinski definition) is 3. The van der Waals surface area contributed by atoms with Crippen molar-refractivity contribution in [3.8, 4) is 0 Å². The van der Waals surface area contributed by atoms with E-state index in [1.807, 2.05) is 25.1 Å². The monoisotopic (exact) mass is 247 g/mol. The fourth-order valence-corrected chi connectivity index (χ4v) is 2.12. The average molecular weight is 247 g/mol. The lowest BCUT2D eigenvalue weighted by atomic mass is 10.0. The summed E-state index contributed by atoms with van der Waals surface area (Å²) in [5.41, 5.74) is 0.703. The third-order valence-corrected chi connectivity index (χ3v) is 3.03. The minimum absolute atomic E-state index is 0.103. The van der Waals surface area contributed by atoms with E-state index in [0.717, 1.165) is 12.8 Å². The molecule has 0 unspecified atom stereocenters. The number of nitrogens with one attached hydrogen (secondary N) is 1. The van der Waals surface area contributed by atoms with Crippen LogP contribution in [0.2, 0.25) is 0 Å². The number of carbonyl (C=O) groups is 2. The molecular formula is C14H17NO3. The SMILES string of the molecule is CCC[C@@H]1C[C@H](C(=O)Nc2ccccc2)C(=O)O1. The van der Waals surface area contributed by atoms with Crippen LogP contribution < -0.4 is 5.32 Å². The van der Waals surface area contributed by atoms with Crippen LogP contribution in [-0.4, -0.2) is 18.0 Å². The van der Waals surface area contributed by atoms with Gasteiger partial charge in [-0.2, -0.15) is 0 Å². The standard InChI is InChI=1S/C14H17NO3/c1-2-6-11-9-12(14(17)18-11)13(16)15-10-7-4-3-5-8-10/h3-5,7-8,11-12H,2,6,9H2,1H3,(H,15,16)/t11-,12-/m1/s1. The average Bonchev–Trinajstić information content (AvgIpc) is 2.72. The second-order valence-corrected chi connectivity index (χ2v) is 4.49. The van der Waals surface area contributed by atoms with Gasteiger partial charge in [0.15, 0.2) is 0 Å². The summed E-state index contributed by atoms with van der Waals surface area (Å²) in [6.45, 7) is 2.03. The fraction of sp³-hybridized carbons (Fsp3) is 0.429. The Kier molecular flexibility index (Phi) is 3.97. The highest BCUT2D eigenvalue weighted by Crippen LogP contribution is 2.25. The van der Waals surface area contributed by atoms with Gasteiger partial charge in [-0.05, 0) is 18.6 Å². The molecule has 18 heavy (non-hydrogen) atoms. The Morgan fingerprint density at radius 2 is 2.11 bits per heavy atom. The minimum atomic E-state index is -0.665. The number of carbonyl (C=O) groups excluding carboxylic acids is 2. The van der Waals surface area contributed by atoms with Crippen LogP contribution in [0.5, 0.6) is 0 Å². The van der Waals surface area contributed by atoms with Crippen LogP contribution in [0, 0.1) is 5.92 Å². The first kappa shape index (κ1) is 12.6. The number of hydrogen-bond donors (Lipinski definition) is 1. The molecule has 4 heteroatoms. The molecule has 2 atom stereocenters. The topological polar surface area (TPSA) is 55.4 Å². The zero-order valence-corrected chi connectivity index (χ0v) is 10.4. The van der Waals surface area contributed by atoms with Crippen LogP contribution in [0.4, 0.5) is 5.69 Å². The second-order valence-electron chi connectivity index (χ2n) is 4.49. The molecule has 1 aromatic rings. The van der Waals surface area contributed by atoms with Gasteiger partial charge in [0, 0.05) is 12.1 Å². The maximum Gasteiger partial charge on any atom is 0.318 e. The number of ether oxygens (including phenoxy) is 1. The predicted octanol–water partition coefficient (Wildman–Crippen LogP) is 2.36. The molecule has 0 spiro atoms. The first-order valence-corrected chi connectivity index (χ1v) is 6.27. The van der Waals surface area contributed by atoms with Gasteiger partial charge in [0.05, 0.1) is 0 Å². The Morgan fingerprint density at radius 1 is 1.39 bits per heavy atom. The van der Waals surface area contributed by atoms with E-state index in [0.29, 0.717) is 12.1 Å². The van der Waals surface area contributed by atoms with Gasteiger partial charge in [-0.1, -0.05) is 31.5 Å². The predicted molar refractivity (Wildman–Crippen MR) is 68.0 cm³/mol. The molecule has 0 aromatic heterocycles. The molecule has 0 bridgehead atoms. The van der Waals surface area contributed by atoms with Crippen molar-refractivity contribution in [2.45, 2.75) is 32.3 Å². The van der Waals surface area contributed by atoms with Crippen LogP contribution in [0.1, 0.15) is 26.2 Å². The molecule has 1 aliphatic rings. The Morgan fingerprint density at radius 3 is 2.78 bits per heavy atom. The largest absolute Gasteiger partial charge is 0.462 e. The van der Waals surface area contributed by atoms with E-state index in [1.165, 1.54) is 0 Å². The van der Waals surface area contributed by atoms with Crippen LogP contribution in [0.3, 0.4) is 0 Å². The van der Waals surface area contributed by atoms with Crippen molar-refractivity contribution in [1.82, 2.24) is 0 Å². The quantitative estimate of drug-likeness (QED) is 0.656. The first-order valence-electron chi connectivity index (χ1n) is 6.27. The molecule has 0 saturated carbocycles. The van der Waals surface area contributed by atoms with Crippen molar-refractivity contribution in [3.63, 3.8) is 0 Å². The van der Waals surface area contributed by atoms with Gasteiger partial charge in [-0.15, -0.1) is 0 Å². The number of esters is 1. The molecule has 1 N–H and O–H groups in total. The number of cyclic esters (lactones) is 1. The van der Waals surface area contributed by atoms with Gasteiger partial charge in [-0.25, -0.2) is 0 Å². The van der Waals surface area contributed by atoms with Gasteiger partial charge >= 0.3 is 5.97 Å². The molecule has 0 radical (unpaired) electrons. The molecule has 96 valence electrons. The van der Waals surface area contributed by atoms with Crippen molar-refractivity contribution >= 4 is 17.6 Å². The number of amides is 1. The summed E-state index contributed by atoms with van der Waals surface area (Å²) in [6.07, 6.45) is 2.16. The third-order valence-electron chi connectivity index (χ3n) is 3.03. The van der Waals surface area contributed by atoms with E-state index in [-0.39, 0.29) is 12.0 Å². The molecule has 1 saturated heterocycles. The summed E-state index contributed by atoms with van der Waals surface area (Å²) in [6, 6.07) is 9.13. The zero-order valence-electron chi connectivity index (χ0n) is 10.4. The highest BCUT2D eigenvalue weighted by Gasteiger charge is 2.38. The molecule has 1 fully saturated rings. The van der Waals surface area contributed by atoms with Gasteiger partial charge in [0.25, 0.3) is 0 Å². The summed E-state index contributed by atoms with van der Waals surface area (Å²) in [5, 5.41) is 2.74. The molecule has 1 heterocycles. The van der Waals surface area contributed by atoms with Crippen LogP contribution in [0.15, 0.2) is 30.3 Å². The Hall–Kier alpha value is -1.84. The summed E-state index contributed by atoms with van der Waals surface area (Å²) in [4.78, 5) is 23.6. The molecule has 1 amide bonds. The van der Waals surface area contributed by atoms with Gasteiger partial charge in [0.2, 0.25) is 5.91 Å². The molecule has 4 nitrogen and oxygen atoms in total. The normalized spacial score (nSPS) is 22.6. The van der Waals surface area contributed by atoms with Crippen LogP contribution in [0.25, 0.3) is 0 Å². The lowest BCUT2D eigenvalue weighted by Crippen LogP contribution is -2.26. The van der Waals surface area contributed by atoms with Crippen LogP contribution >= 0.6 is 0 Å². The van der Waals surface area contributed by atoms with Crippen molar-refractivity contribution in [3.05, 3.63) is 30.3 Å². The Balaban J connectivity index is 1.96. The highest BCUT2D eigenvalue weighted by atomic mass is 16.6. The third kappa shape index (κ3) is 2.88. The van der Waals surface area contributed by atoms with E-state index in [2.05, 4.69) is 5.32 Å². The smallest absolute Gasteiger partial charge is 0.318 e. The molecule has 1 aliphatic heterocycles. The summed E-state index contributed by atoms with van der Waals surface area (Å²) in [5.74, 6) is -1.34. The van der Waals surface area contributed by atoms with E-state index in [9.17, 15) is 9.59 Å². The molecule has 2 rings (SSSR count). The fourth-order valence-electron chi connectivity index (χ4n) is 2.12. The van der Waals surface area contributed by atoms with Crippen molar-refractivity contribution < 1.29 is 14.3 Å². The van der Waals surface area contributed by atoms with E-state index in [4.69, 9.17) is 4.74 Å². The van der Waals surface area contributed by atoms with Crippen LogP contribution in [-0.2, 0) is 14.3 Å². The first-order chi connectivity index (χ1) is 8.70. The maximum atomic E-state index is 12.0. The van der Waals surface area contributed by atoms with Crippen molar-refractivity contribution in [2.75, 3.05) is 5.32 Å². The Labute approximate surface area is 106 Å². The van der Waals surface area contributed by atoms with Crippen molar-refractivity contribution in [1.29, 1.82) is 0 Å². The lowest BCUT2D eigenvalue weighted by molar-refractivity contribution is -0.146. The molecule has 0 aliphatic carbocycles. The van der Waals surface area contributed by atoms with E-state index >= 15 is 0 Å². The molecule has 1 aromatic carbocycles. The number of para-hydroxylation sites is 1. The Bertz CT molecular complexity index is 430.